The molecule has 1 aliphatic heterocycles. The summed E-state index contributed by atoms with van der Waals surface area (Å²) < 4.78 is 28.4. The minimum absolute atomic E-state index is 0.0285. The quantitative estimate of drug-likeness (QED) is 0.582. The van der Waals surface area contributed by atoms with Gasteiger partial charge in [-0.1, -0.05) is 26.0 Å². The number of benzene rings is 2. The molecule has 0 aromatic heterocycles. The molecule has 3 rings (SSSR count). The lowest BCUT2D eigenvalue weighted by molar-refractivity contribution is 0.0939. The summed E-state index contributed by atoms with van der Waals surface area (Å²) in [6.45, 7) is 9.25. The number of carbonyl (C=O) groups excluding carboxylic acids is 1. The SMILES string of the molecule is CCc1ccc(S(=O)(=O)Nc2ccc(N3CCNCC3)c(C(=O)N[C@@H](C)CC)c2)cc1. The molecule has 0 radical (unpaired) electrons. The van der Waals surface area contributed by atoms with E-state index in [9.17, 15) is 13.2 Å². The van der Waals surface area contributed by atoms with Crippen LogP contribution in [-0.2, 0) is 16.4 Å². The Kier molecular flexibility index (Phi) is 7.56. The van der Waals surface area contributed by atoms with Gasteiger partial charge in [0.1, 0.15) is 0 Å². The maximum absolute atomic E-state index is 13.0. The highest BCUT2D eigenvalue weighted by Crippen LogP contribution is 2.27. The van der Waals surface area contributed by atoms with Crippen LogP contribution in [0.5, 0.6) is 0 Å². The third-order valence-electron chi connectivity index (χ3n) is 5.58. The van der Waals surface area contributed by atoms with Crippen LogP contribution in [0.3, 0.4) is 0 Å². The minimum atomic E-state index is -3.75. The van der Waals surface area contributed by atoms with E-state index in [0.29, 0.717) is 11.3 Å². The number of nitrogens with one attached hydrogen (secondary N) is 3. The lowest BCUT2D eigenvalue weighted by Gasteiger charge is -2.31. The monoisotopic (exact) mass is 444 g/mol. The molecular weight excluding hydrogens is 412 g/mol. The number of nitrogens with zero attached hydrogens (tertiary/aromatic N) is 1. The van der Waals surface area contributed by atoms with Crippen LogP contribution in [0.15, 0.2) is 47.4 Å². The van der Waals surface area contributed by atoms with Crippen molar-refractivity contribution >= 4 is 27.3 Å². The Morgan fingerprint density at radius 1 is 1.10 bits per heavy atom. The van der Waals surface area contributed by atoms with Crippen LogP contribution < -0.4 is 20.3 Å². The Morgan fingerprint density at radius 2 is 1.77 bits per heavy atom. The van der Waals surface area contributed by atoms with Crippen LogP contribution in [-0.4, -0.2) is 46.5 Å². The fourth-order valence-electron chi connectivity index (χ4n) is 3.48. The molecule has 2 aromatic carbocycles. The van der Waals surface area contributed by atoms with E-state index in [0.717, 1.165) is 50.3 Å². The second-order valence-corrected chi connectivity index (χ2v) is 9.54. The number of hydrogen-bond acceptors (Lipinski definition) is 5. The first-order chi connectivity index (χ1) is 14.8. The topological polar surface area (TPSA) is 90.5 Å². The van der Waals surface area contributed by atoms with Crippen molar-refractivity contribution in [2.45, 2.75) is 44.6 Å². The molecule has 7 nitrogen and oxygen atoms in total. The highest BCUT2D eigenvalue weighted by Gasteiger charge is 2.21. The molecule has 0 aliphatic carbocycles. The van der Waals surface area contributed by atoms with Crippen LogP contribution in [0.2, 0.25) is 0 Å². The van der Waals surface area contributed by atoms with Gasteiger partial charge in [-0.3, -0.25) is 9.52 Å². The van der Waals surface area contributed by atoms with Crippen molar-refractivity contribution in [1.29, 1.82) is 0 Å². The van der Waals surface area contributed by atoms with Crippen molar-refractivity contribution < 1.29 is 13.2 Å². The summed E-state index contributed by atoms with van der Waals surface area (Å²) in [7, 11) is -3.75. The number of sulfonamides is 1. The molecule has 1 saturated heterocycles. The van der Waals surface area contributed by atoms with Crippen LogP contribution in [0.25, 0.3) is 0 Å². The molecule has 1 atom stereocenters. The summed E-state index contributed by atoms with van der Waals surface area (Å²) in [5.74, 6) is -0.198. The Bertz CT molecular complexity index is 1000. The van der Waals surface area contributed by atoms with E-state index in [1.54, 1.807) is 24.3 Å². The van der Waals surface area contributed by atoms with E-state index in [-0.39, 0.29) is 16.8 Å². The average Bonchev–Trinajstić information content (AvgIpc) is 2.79. The predicted octanol–water partition coefficient (Wildman–Crippen LogP) is 2.99. The average molecular weight is 445 g/mol. The number of hydrogen-bond donors (Lipinski definition) is 3. The first-order valence-corrected chi connectivity index (χ1v) is 12.3. The number of carbonyl (C=O) groups is 1. The van der Waals surface area contributed by atoms with E-state index < -0.39 is 10.0 Å². The van der Waals surface area contributed by atoms with Crippen molar-refractivity contribution in [2.75, 3.05) is 35.8 Å². The van der Waals surface area contributed by atoms with Crippen molar-refractivity contribution in [1.82, 2.24) is 10.6 Å². The molecular formula is C23H32N4O3S. The summed E-state index contributed by atoms with van der Waals surface area (Å²) in [5.41, 5.74) is 2.73. The van der Waals surface area contributed by atoms with E-state index in [1.807, 2.05) is 39.0 Å². The Morgan fingerprint density at radius 3 is 2.39 bits per heavy atom. The number of amides is 1. The van der Waals surface area contributed by atoms with Crippen molar-refractivity contribution in [3.8, 4) is 0 Å². The van der Waals surface area contributed by atoms with Crippen LogP contribution in [0.4, 0.5) is 11.4 Å². The second-order valence-electron chi connectivity index (χ2n) is 7.85. The summed E-state index contributed by atoms with van der Waals surface area (Å²) in [5, 5.41) is 6.31. The molecule has 0 bridgehead atoms. The summed E-state index contributed by atoms with van der Waals surface area (Å²) in [6, 6.07) is 12.0. The summed E-state index contributed by atoms with van der Waals surface area (Å²) in [6.07, 6.45) is 1.66. The zero-order valence-electron chi connectivity index (χ0n) is 18.4. The third-order valence-corrected chi connectivity index (χ3v) is 6.98. The van der Waals surface area contributed by atoms with Gasteiger partial charge in [0.25, 0.3) is 15.9 Å². The maximum atomic E-state index is 13.0. The number of piperazine rings is 1. The van der Waals surface area contributed by atoms with E-state index in [2.05, 4.69) is 20.3 Å². The molecule has 1 heterocycles. The Labute approximate surface area is 185 Å². The Balaban J connectivity index is 1.91. The fraction of sp³-hybridized carbons (Fsp3) is 0.435. The van der Waals surface area contributed by atoms with Gasteiger partial charge in [0.2, 0.25) is 0 Å². The molecule has 8 heteroatoms. The lowest BCUT2D eigenvalue weighted by Crippen LogP contribution is -2.44. The predicted molar refractivity (Wildman–Crippen MR) is 125 cm³/mol. The highest BCUT2D eigenvalue weighted by molar-refractivity contribution is 7.92. The third kappa shape index (κ3) is 5.77. The van der Waals surface area contributed by atoms with Crippen LogP contribution in [0.1, 0.15) is 43.1 Å². The van der Waals surface area contributed by atoms with Crippen molar-refractivity contribution in [3.05, 3.63) is 53.6 Å². The number of aryl methyl sites for hydroxylation is 1. The molecule has 2 aromatic rings. The van der Waals surface area contributed by atoms with E-state index in [4.69, 9.17) is 0 Å². The number of anilines is 2. The molecule has 0 saturated carbocycles. The van der Waals surface area contributed by atoms with Crippen LogP contribution in [0, 0.1) is 0 Å². The largest absolute Gasteiger partial charge is 0.368 e. The first-order valence-electron chi connectivity index (χ1n) is 10.9. The molecule has 0 spiro atoms. The Hall–Kier alpha value is -2.58. The van der Waals surface area contributed by atoms with Gasteiger partial charge in [0, 0.05) is 43.6 Å². The van der Waals surface area contributed by atoms with Gasteiger partial charge < -0.3 is 15.5 Å². The zero-order chi connectivity index (χ0) is 22.4. The molecule has 3 N–H and O–H groups in total. The smallest absolute Gasteiger partial charge is 0.261 e. The van der Waals surface area contributed by atoms with Gasteiger partial charge in [-0.25, -0.2) is 8.42 Å². The van der Waals surface area contributed by atoms with Gasteiger partial charge in [-0.15, -0.1) is 0 Å². The fourth-order valence-corrected chi connectivity index (χ4v) is 4.53. The van der Waals surface area contributed by atoms with Gasteiger partial charge >= 0.3 is 0 Å². The van der Waals surface area contributed by atoms with Crippen molar-refractivity contribution in [3.63, 3.8) is 0 Å². The van der Waals surface area contributed by atoms with E-state index in [1.165, 1.54) is 0 Å². The minimum Gasteiger partial charge on any atom is -0.368 e. The van der Waals surface area contributed by atoms with E-state index >= 15 is 0 Å². The van der Waals surface area contributed by atoms with Gasteiger partial charge in [0.15, 0.2) is 0 Å². The standard InChI is InChI=1S/C23H32N4O3S/c1-4-17(3)25-23(28)21-16-19(8-11-22(21)27-14-12-24-13-15-27)26-31(29,30)20-9-6-18(5-2)7-10-20/h6-11,16-17,24,26H,4-5,12-15H2,1-3H3,(H,25,28)/t17-/m0/s1. The molecule has 1 aliphatic rings. The molecule has 1 fully saturated rings. The highest BCUT2D eigenvalue weighted by atomic mass is 32.2. The summed E-state index contributed by atoms with van der Waals surface area (Å²) >= 11 is 0. The van der Waals surface area contributed by atoms with Crippen LogP contribution >= 0.6 is 0 Å². The lowest BCUT2D eigenvalue weighted by atomic mass is 10.1. The molecule has 31 heavy (non-hydrogen) atoms. The number of rotatable bonds is 8. The van der Waals surface area contributed by atoms with Gasteiger partial charge in [-0.05, 0) is 55.7 Å². The normalized spacial score (nSPS) is 15.4. The van der Waals surface area contributed by atoms with Gasteiger partial charge in [0.05, 0.1) is 10.5 Å². The second kappa shape index (κ2) is 10.2. The molecule has 168 valence electrons. The zero-order valence-corrected chi connectivity index (χ0v) is 19.3. The molecule has 1 amide bonds. The molecule has 0 unspecified atom stereocenters. The van der Waals surface area contributed by atoms with Gasteiger partial charge in [-0.2, -0.15) is 0 Å². The summed E-state index contributed by atoms with van der Waals surface area (Å²) in [4.78, 5) is 15.4. The van der Waals surface area contributed by atoms with Crippen molar-refractivity contribution in [2.24, 2.45) is 0 Å². The first kappa shape index (κ1) is 23.1. The maximum Gasteiger partial charge on any atom is 0.261 e.